The summed E-state index contributed by atoms with van der Waals surface area (Å²) in [6.07, 6.45) is 19.7. The van der Waals surface area contributed by atoms with Crippen molar-refractivity contribution in [3.8, 4) is 0 Å². The van der Waals surface area contributed by atoms with Gasteiger partial charge in [0.25, 0.3) is 5.91 Å². The molecule has 0 aromatic heterocycles. The summed E-state index contributed by atoms with van der Waals surface area (Å²) in [7, 11) is 0. The van der Waals surface area contributed by atoms with Crippen LogP contribution in [0.4, 0.5) is 0 Å². The van der Waals surface area contributed by atoms with Crippen LogP contribution < -0.4 is 5.32 Å². The van der Waals surface area contributed by atoms with Gasteiger partial charge in [-0.2, -0.15) is 0 Å². The Bertz CT molecular complexity index is 336. The largest absolute Gasteiger partial charge is 0.387 e. The molecule has 154 valence electrons. The third-order valence-electron chi connectivity index (χ3n) is 5.12. The fourth-order valence-corrected chi connectivity index (χ4v) is 3.46. The van der Waals surface area contributed by atoms with Crippen LogP contribution in [0.5, 0.6) is 0 Å². The van der Waals surface area contributed by atoms with Crippen LogP contribution in [0.15, 0.2) is 0 Å². The number of hydrogen-bond donors (Lipinski definition) is 2. The number of hydrogen-bond acceptors (Lipinski definition) is 3. The smallest absolute Gasteiger partial charge is 0.252 e. The maximum absolute atomic E-state index is 11.4. The number of aliphatic hydroxyl groups excluding tert-OH is 1. The fourth-order valence-electron chi connectivity index (χ4n) is 3.46. The maximum Gasteiger partial charge on any atom is 0.252 e. The molecule has 0 atom stereocenters. The highest BCUT2D eigenvalue weighted by molar-refractivity contribution is 5.95. The zero-order chi connectivity index (χ0) is 19.5. The first-order valence-electron chi connectivity index (χ1n) is 11.1. The van der Waals surface area contributed by atoms with Crippen molar-refractivity contribution < 1.29 is 14.7 Å². The van der Waals surface area contributed by atoms with Crippen LogP contribution in [0.3, 0.4) is 0 Å². The van der Waals surface area contributed by atoms with E-state index in [9.17, 15) is 9.59 Å². The van der Waals surface area contributed by atoms with E-state index in [1.165, 1.54) is 77.0 Å². The average molecular weight is 370 g/mol. The van der Waals surface area contributed by atoms with Crippen molar-refractivity contribution in [3.63, 3.8) is 0 Å². The Morgan fingerprint density at radius 3 is 1.65 bits per heavy atom. The number of nitrogens with one attached hydrogen (secondary N) is 1. The predicted molar refractivity (Wildman–Crippen MR) is 109 cm³/mol. The molecular formula is C22H43NO3. The van der Waals surface area contributed by atoms with Gasteiger partial charge in [0, 0.05) is 6.42 Å². The van der Waals surface area contributed by atoms with Gasteiger partial charge in [0.05, 0.1) is 0 Å². The molecule has 0 unspecified atom stereocenters. The third-order valence-corrected chi connectivity index (χ3v) is 5.12. The van der Waals surface area contributed by atoms with Crippen molar-refractivity contribution in [2.75, 3.05) is 6.61 Å². The summed E-state index contributed by atoms with van der Waals surface area (Å²) in [5, 5.41) is 10.7. The van der Waals surface area contributed by atoms with Crippen LogP contribution in [0.2, 0.25) is 0 Å². The number of rotatable bonds is 18. The summed E-state index contributed by atoms with van der Waals surface area (Å²) in [4.78, 5) is 22.2. The lowest BCUT2D eigenvalue weighted by molar-refractivity contribution is -0.132. The van der Waals surface area contributed by atoms with E-state index in [0.717, 1.165) is 25.2 Å². The Morgan fingerprint density at radius 2 is 1.15 bits per heavy atom. The van der Waals surface area contributed by atoms with E-state index in [-0.39, 0.29) is 5.91 Å². The van der Waals surface area contributed by atoms with Gasteiger partial charge in [-0.25, -0.2) is 0 Å². The third kappa shape index (κ3) is 16.6. The predicted octanol–water partition coefficient (Wildman–Crippen LogP) is 5.52. The number of carbonyl (C=O) groups excluding carboxylic acids is 2. The molecular weight excluding hydrogens is 326 g/mol. The van der Waals surface area contributed by atoms with E-state index in [1.54, 1.807) is 0 Å². The average Bonchev–Trinajstić information content (AvgIpc) is 2.64. The number of aliphatic hydroxyl groups is 1. The Hall–Kier alpha value is -0.900. The highest BCUT2D eigenvalue weighted by Gasteiger charge is 2.08. The molecule has 0 aliphatic carbocycles. The van der Waals surface area contributed by atoms with Crippen molar-refractivity contribution in [3.05, 3.63) is 0 Å². The minimum Gasteiger partial charge on any atom is -0.387 e. The van der Waals surface area contributed by atoms with E-state index in [4.69, 9.17) is 5.11 Å². The van der Waals surface area contributed by atoms with E-state index >= 15 is 0 Å². The van der Waals surface area contributed by atoms with Crippen LogP contribution in [-0.2, 0) is 9.59 Å². The molecule has 0 saturated carbocycles. The molecule has 4 heteroatoms. The van der Waals surface area contributed by atoms with E-state index in [2.05, 4.69) is 19.2 Å². The maximum atomic E-state index is 11.4. The van der Waals surface area contributed by atoms with Gasteiger partial charge in [0.2, 0.25) is 5.91 Å². The van der Waals surface area contributed by atoms with Crippen LogP contribution >= 0.6 is 0 Å². The monoisotopic (exact) mass is 369 g/mol. The second-order valence-corrected chi connectivity index (χ2v) is 7.65. The molecule has 0 heterocycles. The lowest BCUT2D eigenvalue weighted by Gasteiger charge is -2.16. The van der Waals surface area contributed by atoms with Gasteiger partial charge in [-0.05, 0) is 12.3 Å². The van der Waals surface area contributed by atoms with E-state index < -0.39 is 12.5 Å². The minimum atomic E-state index is -0.621. The molecule has 0 fully saturated rings. The molecule has 0 aliphatic heterocycles. The van der Waals surface area contributed by atoms with Crippen molar-refractivity contribution in [1.82, 2.24) is 5.32 Å². The van der Waals surface area contributed by atoms with Gasteiger partial charge < -0.3 is 5.11 Å². The van der Waals surface area contributed by atoms with Crippen LogP contribution in [-0.4, -0.2) is 23.5 Å². The normalized spacial score (nSPS) is 11.1. The topological polar surface area (TPSA) is 66.4 Å². The fraction of sp³-hybridized carbons (Fsp3) is 0.909. The summed E-state index contributed by atoms with van der Waals surface area (Å²) in [6, 6.07) is 0. The first-order chi connectivity index (χ1) is 12.6. The lowest BCUT2D eigenvalue weighted by Crippen LogP contribution is -2.32. The molecule has 2 amide bonds. The van der Waals surface area contributed by atoms with Crippen molar-refractivity contribution in [2.45, 2.75) is 117 Å². The van der Waals surface area contributed by atoms with Crippen LogP contribution in [0.1, 0.15) is 117 Å². The van der Waals surface area contributed by atoms with Crippen LogP contribution in [0, 0.1) is 5.92 Å². The first-order valence-corrected chi connectivity index (χ1v) is 11.1. The van der Waals surface area contributed by atoms with Crippen LogP contribution in [0.25, 0.3) is 0 Å². The highest BCUT2D eigenvalue weighted by Crippen LogP contribution is 2.23. The summed E-state index contributed by atoms with van der Waals surface area (Å²) in [5.41, 5.74) is 0. The first kappa shape index (κ1) is 25.1. The molecule has 0 radical (unpaired) electrons. The molecule has 2 N–H and O–H groups in total. The van der Waals surface area contributed by atoms with Gasteiger partial charge in [-0.1, -0.05) is 104 Å². The SMILES string of the molecule is CCCCC(CCCC)CCCCCCCCCCC(=O)NC(=O)CO. The molecule has 0 bridgehead atoms. The summed E-state index contributed by atoms with van der Waals surface area (Å²) in [6.45, 7) is 3.96. The zero-order valence-corrected chi connectivity index (χ0v) is 17.4. The molecule has 0 rings (SSSR count). The summed E-state index contributed by atoms with van der Waals surface area (Å²) < 4.78 is 0. The summed E-state index contributed by atoms with van der Waals surface area (Å²) in [5.74, 6) is 0.0742. The second-order valence-electron chi connectivity index (χ2n) is 7.65. The standard InChI is InChI=1S/C22H43NO3/c1-3-5-15-20(16-6-4-2)17-13-11-9-7-8-10-12-14-18-21(25)23-22(26)19-24/h20,24H,3-19H2,1-2H3,(H,23,25,26). The molecule has 0 spiro atoms. The van der Waals surface area contributed by atoms with Crippen molar-refractivity contribution >= 4 is 11.8 Å². The van der Waals surface area contributed by atoms with Crippen molar-refractivity contribution in [2.24, 2.45) is 5.92 Å². The zero-order valence-electron chi connectivity index (χ0n) is 17.4. The van der Waals surface area contributed by atoms with Gasteiger partial charge in [-0.15, -0.1) is 0 Å². The number of amides is 2. The van der Waals surface area contributed by atoms with E-state index in [1.807, 2.05) is 0 Å². The highest BCUT2D eigenvalue weighted by atomic mass is 16.3. The number of unbranched alkanes of at least 4 members (excludes halogenated alkanes) is 9. The summed E-state index contributed by atoms with van der Waals surface area (Å²) >= 11 is 0. The Morgan fingerprint density at radius 1 is 0.692 bits per heavy atom. The molecule has 4 nitrogen and oxygen atoms in total. The molecule has 0 aromatic rings. The molecule has 26 heavy (non-hydrogen) atoms. The van der Waals surface area contributed by atoms with E-state index in [0.29, 0.717) is 6.42 Å². The quantitative estimate of drug-likeness (QED) is 0.313. The van der Waals surface area contributed by atoms with Gasteiger partial charge in [0.15, 0.2) is 0 Å². The minimum absolute atomic E-state index is 0.273. The van der Waals surface area contributed by atoms with Crippen molar-refractivity contribution in [1.29, 1.82) is 0 Å². The van der Waals surface area contributed by atoms with Gasteiger partial charge in [-0.3, -0.25) is 14.9 Å². The number of carbonyl (C=O) groups is 2. The van der Waals surface area contributed by atoms with Gasteiger partial charge in [0.1, 0.15) is 6.61 Å². The second kappa shape index (κ2) is 18.9. The number of imide groups is 1. The Balaban J connectivity index is 3.46. The molecule has 0 aliphatic rings. The Kier molecular flexibility index (Phi) is 18.2. The molecule has 0 saturated heterocycles. The molecule has 0 aromatic carbocycles. The lowest BCUT2D eigenvalue weighted by atomic mass is 9.90. The Labute approximate surface area is 161 Å². The van der Waals surface area contributed by atoms with Gasteiger partial charge >= 0.3 is 0 Å².